The minimum Gasteiger partial charge on any atom is -0.264 e. The summed E-state index contributed by atoms with van der Waals surface area (Å²) in [5.74, 6) is 0.734. The third-order valence-corrected chi connectivity index (χ3v) is 7.25. The molecule has 0 radical (unpaired) electrons. The molecule has 1 heterocycles. The van der Waals surface area contributed by atoms with E-state index in [0.717, 1.165) is 5.78 Å². The molecule has 18 heavy (non-hydrogen) atoms. The fraction of sp³-hybridized carbons (Fsp3) is 1.00. The Hall–Kier alpha value is 0.350. The predicted molar refractivity (Wildman–Crippen MR) is 83.9 cm³/mol. The van der Waals surface area contributed by atoms with Crippen molar-refractivity contribution in [2.75, 3.05) is 0 Å². The van der Waals surface area contributed by atoms with Crippen LogP contribution in [0, 0.1) is 5.41 Å². The van der Waals surface area contributed by atoms with Crippen molar-refractivity contribution in [2.45, 2.75) is 92.6 Å². The van der Waals surface area contributed by atoms with Crippen molar-refractivity contribution in [3.63, 3.8) is 0 Å². The molecule has 1 aliphatic rings. The lowest BCUT2D eigenvalue weighted by Crippen LogP contribution is -2.33. The highest BCUT2D eigenvalue weighted by molar-refractivity contribution is 7.60. The van der Waals surface area contributed by atoms with Crippen LogP contribution in [0.25, 0.3) is 0 Å². The van der Waals surface area contributed by atoms with Gasteiger partial charge in [0.05, 0.1) is 14.0 Å². The minimum absolute atomic E-state index is 0.129. The van der Waals surface area contributed by atoms with Crippen molar-refractivity contribution in [1.82, 2.24) is 9.34 Å². The van der Waals surface area contributed by atoms with E-state index in [1.54, 1.807) is 0 Å². The number of nitrogens with zero attached hydrogens (tertiary/aromatic N) is 2. The Morgan fingerprint density at radius 2 is 1.28 bits per heavy atom. The lowest BCUT2D eigenvalue weighted by atomic mass is 9.95. The highest BCUT2D eigenvalue weighted by Crippen LogP contribution is 2.75. The summed E-state index contributed by atoms with van der Waals surface area (Å²) in [4.78, 5) is 0. The number of hydrogen-bond donors (Lipinski definition) is 0. The Balaban J connectivity index is 3.00. The third-order valence-electron chi connectivity index (χ3n) is 3.37. The highest BCUT2D eigenvalue weighted by atomic mass is 31.2. The molecule has 3 heteroatoms. The second-order valence-electron chi connectivity index (χ2n) is 8.14. The standard InChI is InChI=1S/C15H33N2P/c1-11(2)16(12(3)4)18-13(14(5,6)7)17(18)15(8,9)10/h11-13H,1-10H3. The average Bonchev–Trinajstić information content (AvgIpc) is 2.74. The molecule has 2 nitrogen and oxygen atoms in total. The van der Waals surface area contributed by atoms with Gasteiger partial charge in [-0.15, -0.1) is 0 Å². The molecule has 0 N–H and O–H groups in total. The summed E-state index contributed by atoms with van der Waals surface area (Å²) in [5, 5.41) is 0. The van der Waals surface area contributed by atoms with Crippen molar-refractivity contribution in [3.8, 4) is 0 Å². The quantitative estimate of drug-likeness (QED) is 0.532. The van der Waals surface area contributed by atoms with Gasteiger partial charge in [-0.3, -0.25) is 9.34 Å². The van der Waals surface area contributed by atoms with Crippen LogP contribution in [-0.2, 0) is 0 Å². The van der Waals surface area contributed by atoms with Gasteiger partial charge in [-0.25, -0.2) is 0 Å². The summed E-state index contributed by atoms with van der Waals surface area (Å²) in [6.07, 6.45) is 0. The van der Waals surface area contributed by atoms with Gasteiger partial charge >= 0.3 is 0 Å². The molecule has 1 aliphatic heterocycles. The van der Waals surface area contributed by atoms with Crippen molar-refractivity contribution in [2.24, 2.45) is 5.41 Å². The zero-order valence-corrected chi connectivity index (χ0v) is 15.0. The molecule has 108 valence electrons. The molecule has 3 unspecified atom stereocenters. The molecule has 0 aromatic carbocycles. The lowest BCUT2D eigenvalue weighted by Gasteiger charge is -2.32. The number of rotatable bonds is 3. The largest absolute Gasteiger partial charge is 0.264 e. The molecule has 0 amide bonds. The molecule has 3 atom stereocenters. The summed E-state index contributed by atoms with van der Waals surface area (Å²) in [6.45, 7) is 23.6. The molecule has 0 saturated carbocycles. The fourth-order valence-electron chi connectivity index (χ4n) is 2.86. The van der Waals surface area contributed by atoms with Crippen LogP contribution in [0.1, 0.15) is 69.2 Å². The zero-order valence-electron chi connectivity index (χ0n) is 14.1. The van der Waals surface area contributed by atoms with Gasteiger partial charge in [-0.2, -0.15) is 0 Å². The maximum absolute atomic E-state index is 2.75. The topological polar surface area (TPSA) is 6.25 Å². The van der Waals surface area contributed by atoms with Crippen molar-refractivity contribution >= 4 is 8.22 Å². The van der Waals surface area contributed by atoms with Crippen LogP contribution in [0.2, 0.25) is 0 Å². The van der Waals surface area contributed by atoms with Crippen molar-refractivity contribution in [3.05, 3.63) is 0 Å². The van der Waals surface area contributed by atoms with Crippen LogP contribution in [0.3, 0.4) is 0 Å². The van der Waals surface area contributed by atoms with E-state index in [1.165, 1.54) is 0 Å². The maximum Gasteiger partial charge on any atom is 0.0672 e. The van der Waals surface area contributed by atoms with Crippen LogP contribution in [-0.4, -0.2) is 32.7 Å². The molecule has 0 aromatic heterocycles. The van der Waals surface area contributed by atoms with Gasteiger partial charge < -0.3 is 0 Å². The molecule has 1 saturated heterocycles. The van der Waals surface area contributed by atoms with Crippen molar-refractivity contribution in [1.29, 1.82) is 0 Å². The van der Waals surface area contributed by atoms with E-state index in [2.05, 4.69) is 78.6 Å². The van der Waals surface area contributed by atoms with Gasteiger partial charge in [-0.1, -0.05) is 20.8 Å². The van der Waals surface area contributed by atoms with E-state index in [4.69, 9.17) is 0 Å². The monoisotopic (exact) mass is 272 g/mol. The molecule has 0 spiro atoms. The van der Waals surface area contributed by atoms with Gasteiger partial charge in [-0.05, 0) is 53.9 Å². The average molecular weight is 272 g/mol. The van der Waals surface area contributed by atoms with E-state index in [-0.39, 0.29) is 13.8 Å². The first-order valence-corrected chi connectivity index (χ1v) is 8.57. The van der Waals surface area contributed by atoms with Crippen LogP contribution in [0.4, 0.5) is 0 Å². The molecule has 0 aromatic rings. The van der Waals surface area contributed by atoms with Crippen LogP contribution in [0.15, 0.2) is 0 Å². The van der Waals surface area contributed by atoms with Gasteiger partial charge in [0, 0.05) is 17.6 Å². The third kappa shape index (κ3) is 3.26. The first kappa shape index (κ1) is 16.4. The van der Waals surface area contributed by atoms with Gasteiger partial charge in [0.25, 0.3) is 0 Å². The van der Waals surface area contributed by atoms with E-state index >= 15 is 0 Å². The van der Waals surface area contributed by atoms with Crippen LogP contribution < -0.4 is 0 Å². The number of hydrogen-bond acceptors (Lipinski definition) is 2. The predicted octanol–water partition coefficient (Wildman–Crippen LogP) is 4.90. The van der Waals surface area contributed by atoms with E-state index in [1.807, 2.05) is 0 Å². The molecular weight excluding hydrogens is 239 g/mol. The summed E-state index contributed by atoms with van der Waals surface area (Å²) in [6, 6.07) is 1.27. The SMILES string of the molecule is CC(C)N(C(C)C)P1C(C(C)(C)C)N1C(C)(C)C. The Labute approximate surface area is 116 Å². The van der Waals surface area contributed by atoms with E-state index in [0.29, 0.717) is 17.5 Å². The minimum atomic E-state index is -0.129. The maximum atomic E-state index is 2.75. The molecule has 1 fully saturated rings. The summed E-state index contributed by atoms with van der Waals surface area (Å²) in [7, 11) is -0.129. The summed E-state index contributed by atoms with van der Waals surface area (Å²) >= 11 is 0. The van der Waals surface area contributed by atoms with Crippen LogP contribution in [0.5, 0.6) is 0 Å². The lowest BCUT2D eigenvalue weighted by molar-refractivity contribution is 0.234. The fourth-order valence-corrected chi connectivity index (χ4v) is 6.74. The second-order valence-corrected chi connectivity index (χ2v) is 10.2. The molecular formula is C15H33N2P. The molecule has 0 aliphatic carbocycles. The summed E-state index contributed by atoms with van der Waals surface area (Å²) < 4.78 is 5.48. The smallest absolute Gasteiger partial charge is 0.0672 e. The van der Waals surface area contributed by atoms with E-state index in [9.17, 15) is 0 Å². The molecule has 1 rings (SSSR count). The van der Waals surface area contributed by atoms with E-state index < -0.39 is 0 Å². The van der Waals surface area contributed by atoms with Gasteiger partial charge in [0.2, 0.25) is 0 Å². The van der Waals surface area contributed by atoms with Gasteiger partial charge in [0.15, 0.2) is 0 Å². The molecule has 0 bridgehead atoms. The zero-order chi connectivity index (χ0) is 14.5. The second kappa shape index (κ2) is 5.04. The normalized spacial score (nSPS) is 29.5. The first-order valence-electron chi connectivity index (χ1n) is 7.25. The Morgan fingerprint density at radius 1 is 0.889 bits per heavy atom. The summed E-state index contributed by atoms with van der Waals surface area (Å²) in [5.41, 5.74) is 0.659. The Kier molecular flexibility index (Phi) is 4.59. The highest BCUT2D eigenvalue weighted by Gasteiger charge is 2.61. The van der Waals surface area contributed by atoms with Crippen LogP contribution >= 0.6 is 8.22 Å². The first-order chi connectivity index (χ1) is 7.89. The Morgan fingerprint density at radius 3 is 1.44 bits per heavy atom. The van der Waals surface area contributed by atoms with Gasteiger partial charge in [0.1, 0.15) is 0 Å². The van der Waals surface area contributed by atoms with Crippen molar-refractivity contribution < 1.29 is 0 Å². The Bertz CT molecular complexity index is 258.